The number of hydrogen-bond donors (Lipinski definition) is 3. The molecule has 0 spiro atoms. The molecule has 0 amide bonds. The molecule has 8 nitrogen and oxygen atoms in total. The minimum Gasteiger partial charge on any atom is -0.508 e. The van der Waals surface area contributed by atoms with Crippen LogP contribution >= 0.6 is 12.2 Å². The number of nitrogens with one attached hydrogen (secondary N) is 1. The van der Waals surface area contributed by atoms with E-state index in [-0.39, 0.29) is 41.1 Å². The van der Waals surface area contributed by atoms with Crippen molar-refractivity contribution in [2.75, 3.05) is 5.32 Å². The number of ketones is 1. The number of halogens is 3. The zero-order valence-corrected chi connectivity index (χ0v) is 26.2. The average Bonchev–Trinajstić information content (AvgIpc) is 3.46. The molecule has 0 aliphatic rings. The van der Waals surface area contributed by atoms with Crippen LogP contribution in [-0.2, 0) is 30.5 Å². The number of carbonyl (C=O) groups is 1. The van der Waals surface area contributed by atoms with Crippen LogP contribution in [0.25, 0.3) is 0 Å². The first-order chi connectivity index (χ1) is 21.9. The monoisotopic (exact) mass is 648 g/mol. The van der Waals surface area contributed by atoms with Crippen LogP contribution in [0.2, 0.25) is 0 Å². The van der Waals surface area contributed by atoms with Gasteiger partial charge in [-0.25, -0.2) is 4.98 Å². The Balaban J connectivity index is 1.65. The molecule has 0 saturated heterocycles. The summed E-state index contributed by atoms with van der Waals surface area (Å²) in [6, 6.07) is 20.4. The summed E-state index contributed by atoms with van der Waals surface area (Å²) in [7, 11) is 0. The highest BCUT2D eigenvalue weighted by atomic mass is 32.1. The number of aromatic nitrogens is 2. The molecule has 4 aromatic rings. The number of phenols is 1. The molecular weight excluding hydrogens is 613 g/mol. The number of hydrogen-bond acceptors (Lipinski definition) is 6. The number of nitrogens with two attached hydrogens (primary N) is 1. The van der Waals surface area contributed by atoms with E-state index >= 15 is 0 Å². The Labute approximate surface area is 271 Å². The van der Waals surface area contributed by atoms with Crippen LogP contribution in [0.4, 0.5) is 18.9 Å². The Morgan fingerprint density at radius 3 is 2.43 bits per heavy atom. The van der Waals surface area contributed by atoms with Crippen molar-refractivity contribution in [1.29, 1.82) is 5.26 Å². The van der Waals surface area contributed by atoms with Gasteiger partial charge in [0, 0.05) is 37.1 Å². The number of imidazole rings is 1. The molecule has 4 rings (SSSR count). The topological polar surface area (TPSA) is 120 Å². The van der Waals surface area contributed by atoms with Gasteiger partial charge in [-0.3, -0.25) is 4.79 Å². The van der Waals surface area contributed by atoms with Gasteiger partial charge in [0.1, 0.15) is 11.5 Å². The highest BCUT2D eigenvalue weighted by Crippen LogP contribution is 2.33. The fourth-order valence-electron chi connectivity index (χ4n) is 5.28. The summed E-state index contributed by atoms with van der Waals surface area (Å²) in [6.07, 6.45) is -1.90. The van der Waals surface area contributed by atoms with Crippen molar-refractivity contribution in [1.82, 2.24) is 14.5 Å². The maximum Gasteiger partial charge on any atom is 0.416 e. The maximum atomic E-state index is 14.1. The van der Waals surface area contributed by atoms with Gasteiger partial charge in [0.05, 0.1) is 35.6 Å². The number of aromatic hydroxyl groups is 1. The van der Waals surface area contributed by atoms with Crippen molar-refractivity contribution in [2.24, 2.45) is 17.6 Å². The number of phenolic OH excluding ortho intramolecular Hbond substituents is 1. The largest absolute Gasteiger partial charge is 0.508 e. The minimum absolute atomic E-state index is 0.00981. The Hall–Kier alpha value is -4.73. The first-order valence-electron chi connectivity index (χ1n) is 14.7. The van der Waals surface area contributed by atoms with Crippen molar-refractivity contribution in [2.45, 2.75) is 52.1 Å². The first kappa shape index (κ1) is 34.1. The van der Waals surface area contributed by atoms with Crippen molar-refractivity contribution in [3.8, 4) is 11.8 Å². The molecule has 0 fully saturated rings. The minimum atomic E-state index is -4.61. The van der Waals surface area contributed by atoms with Crippen molar-refractivity contribution < 1.29 is 23.1 Å². The molecule has 1 unspecified atom stereocenters. The fraction of sp³-hybridized carbons (Fsp3) is 0.294. The molecule has 1 heterocycles. The van der Waals surface area contributed by atoms with Crippen molar-refractivity contribution in [3.05, 3.63) is 113 Å². The number of rotatable bonds is 12. The van der Waals surface area contributed by atoms with E-state index in [1.807, 2.05) is 30.5 Å². The van der Waals surface area contributed by atoms with E-state index in [4.69, 9.17) is 23.2 Å². The molecule has 0 aliphatic carbocycles. The summed E-state index contributed by atoms with van der Waals surface area (Å²) in [5.41, 5.74) is 8.57. The van der Waals surface area contributed by atoms with Gasteiger partial charge in [-0.1, -0.05) is 50.6 Å². The molecule has 3 aromatic carbocycles. The molecular formula is C34H35F3N6O2S. The molecule has 0 saturated carbocycles. The van der Waals surface area contributed by atoms with Crippen LogP contribution < -0.4 is 11.1 Å². The Bertz CT molecular complexity index is 1680. The second-order valence-corrected chi connectivity index (χ2v) is 11.5. The molecule has 0 aliphatic heterocycles. The lowest BCUT2D eigenvalue weighted by atomic mass is 9.83. The number of anilines is 1. The number of Topliss-reactive ketones (excluding diaryl/α,β-unsaturated/α-hetero) is 1. The third-order valence-electron chi connectivity index (χ3n) is 7.99. The van der Waals surface area contributed by atoms with E-state index in [2.05, 4.69) is 16.4 Å². The van der Waals surface area contributed by atoms with Crippen molar-refractivity contribution in [3.63, 3.8) is 0 Å². The van der Waals surface area contributed by atoms with Crippen LogP contribution in [-0.4, -0.2) is 36.6 Å². The number of alkyl halides is 3. The lowest BCUT2D eigenvalue weighted by molar-refractivity contribution is -0.138. The quantitative estimate of drug-likeness (QED) is 0.0907. The number of benzene rings is 3. The van der Waals surface area contributed by atoms with Gasteiger partial charge < -0.3 is 25.6 Å². The Kier molecular flexibility index (Phi) is 11.2. The van der Waals surface area contributed by atoms with Crippen molar-refractivity contribution >= 4 is 28.8 Å². The second kappa shape index (κ2) is 15.0. The summed E-state index contributed by atoms with van der Waals surface area (Å²) < 4.78 is 43.8. The van der Waals surface area contributed by atoms with Gasteiger partial charge in [-0.05, 0) is 71.7 Å². The van der Waals surface area contributed by atoms with Crippen LogP contribution in [0.15, 0.2) is 85.3 Å². The van der Waals surface area contributed by atoms with Gasteiger partial charge >= 0.3 is 6.18 Å². The first-order valence-corrected chi connectivity index (χ1v) is 15.1. The highest BCUT2D eigenvalue weighted by molar-refractivity contribution is 7.80. The number of nitrogens with zero attached hydrogens (tertiary/aromatic N) is 4. The molecule has 1 aromatic heterocycles. The summed E-state index contributed by atoms with van der Waals surface area (Å²) in [5, 5.41) is 21.8. The lowest BCUT2D eigenvalue weighted by Crippen LogP contribution is -2.55. The molecule has 4 N–H and O–H groups in total. The summed E-state index contributed by atoms with van der Waals surface area (Å²) in [5.74, 6) is -1.22. The van der Waals surface area contributed by atoms with Gasteiger partial charge in [0.25, 0.3) is 0 Å². The number of thiocarbonyl (C=S) groups is 1. The van der Waals surface area contributed by atoms with Crippen LogP contribution in [0.5, 0.6) is 5.75 Å². The normalized spacial score (nSPS) is 13.3. The van der Waals surface area contributed by atoms with E-state index in [1.165, 1.54) is 35.2 Å². The Morgan fingerprint density at radius 2 is 1.80 bits per heavy atom. The predicted molar refractivity (Wildman–Crippen MR) is 173 cm³/mol. The highest BCUT2D eigenvalue weighted by Gasteiger charge is 2.38. The molecule has 0 bridgehead atoms. The predicted octanol–water partition coefficient (Wildman–Crippen LogP) is 6.49. The van der Waals surface area contributed by atoms with Crippen LogP contribution in [0.1, 0.15) is 48.2 Å². The molecule has 0 radical (unpaired) electrons. The smallest absolute Gasteiger partial charge is 0.416 e. The van der Waals surface area contributed by atoms with Gasteiger partial charge in [0.2, 0.25) is 0 Å². The average molecular weight is 649 g/mol. The van der Waals surface area contributed by atoms with Gasteiger partial charge in [-0.2, -0.15) is 18.4 Å². The third-order valence-corrected chi connectivity index (χ3v) is 8.33. The molecule has 3 atom stereocenters. The van der Waals surface area contributed by atoms with E-state index in [1.54, 1.807) is 36.8 Å². The third kappa shape index (κ3) is 8.50. The lowest BCUT2D eigenvalue weighted by Gasteiger charge is -2.38. The Morgan fingerprint density at radius 1 is 1.13 bits per heavy atom. The summed E-state index contributed by atoms with van der Waals surface area (Å²) in [4.78, 5) is 19.8. The maximum absolute atomic E-state index is 14.1. The number of nitriles is 1. The van der Waals surface area contributed by atoms with E-state index in [9.17, 15) is 23.1 Å². The van der Waals surface area contributed by atoms with Crippen LogP contribution in [0.3, 0.4) is 0 Å². The van der Waals surface area contributed by atoms with Crippen LogP contribution in [0, 0.1) is 23.2 Å². The molecule has 46 heavy (non-hydrogen) atoms. The van der Waals surface area contributed by atoms with E-state index in [0.29, 0.717) is 29.9 Å². The molecule has 240 valence electrons. The number of carbonyl (C=O) groups excluding carboxylic acids is 1. The summed E-state index contributed by atoms with van der Waals surface area (Å²) in [6.45, 7) is 3.92. The van der Waals surface area contributed by atoms with E-state index < -0.39 is 23.8 Å². The fourth-order valence-corrected chi connectivity index (χ4v) is 5.58. The summed E-state index contributed by atoms with van der Waals surface area (Å²) >= 11 is 5.70. The second-order valence-electron chi connectivity index (χ2n) is 11.1. The molecule has 12 heteroatoms. The zero-order chi connectivity index (χ0) is 33.4. The standard InChI is InChI=1S/C34H35F3N6O2S/c1-3-22(2)31(30(45)16-27-18-40-21-42(27)19-24-10-8-23(17-38)9-11-24)32(39)43(33(46)41-26-12-14-28(44)15-13-26)20-25-6-4-5-7-29(25)34(35,36)37/h4-15,18,21-22,31-32,44H,3,16,19-20,39H2,1-2H3,(H,41,46)/t22-,31+,32?/m0/s1. The SMILES string of the molecule is CC[C@H](C)[C@H](C(=O)Cc1cncn1Cc1ccc(C#N)cc1)C(N)N(Cc1ccccc1C(F)(F)F)C(=S)Nc1ccc(O)cc1. The van der Waals surface area contributed by atoms with E-state index in [0.717, 1.165) is 11.6 Å². The zero-order valence-electron chi connectivity index (χ0n) is 25.4. The van der Waals surface area contributed by atoms with Gasteiger partial charge in [0.15, 0.2) is 5.11 Å². The van der Waals surface area contributed by atoms with Gasteiger partial charge in [-0.15, -0.1) is 0 Å².